The second-order valence-corrected chi connectivity index (χ2v) is 10.6. The number of anilines is 1. The van der Waals surface area contributed by atoms with Gasteiger partial charge >= 0.3 is 5.97 Å². The number of halogens is 2. The molecule has 3 aromatic carbocycles. The molecule has 0 amide bonds. The average molecular weight is 546 g/mol. The van der Waals surface area contributed by atoms with Gasteiger partial charge in [0.15, 0.2) is 23.1 Å². The minimum Gasteiger partial charge on any atom is -0.424 e. The maximum atomic E-state index is 14.4. The highest BCUT2D eigenvalue weighted by Crippen LogP contribution is 2.62. The van der Waals surface area contributed by atoms with Crippen LogP contribution in [0.15, 0.2) is 66.7 Å². The zero-order valence-corrected chi connectivity index (χ0v) is 21.9. The highest BCUT2D eigenvalue weighted by Gasteiger charge is 2.71. The first-order valence-corrected chi connectivity index (χ1v) is 12.9. The van der Waals surface area contributed by atoms with Crippen molar-refractivity contribution in [1.82, 2.24) is 0 Å². The summed E-state index contributed by atoms with van der Waals surface area (Å²) in [7, 11) is 0. The number of nitrogens with zero attached hydrogens (tertiary/aromatic N) is 1. The Morgan fingerprint density at radius 3 is 2.21 bits per heavy atom. The smallest absolute Gasteiger partial charge is 0.308 e. The third-order valence-corrected chi connectivity index (χ3v) is 8.32. The first-order chi connectivity index (χ1) is 18.2. The molecule has 6 nitrogen and oxygen atoms in total. The van der Waals surface area contributed by atoms with Crippen molar-refractivity contribution in [3.63, 3.8) is 0 Å². The number of carbonyl (C=O) groups excluding carboxylic acids is 4. The summed E-state index contributed by atoms with van der Waals surface area (Å²) in [6, 6.07) is 15.0. The summed E-state index contributed by atoms with van der Waals surface area (Å²) in [5, 5.41) is 0.639. The number of hydrogen-bond acceptors (Lipinski definition) is 6. The van der Waals surface area contributed by atoms with Crippen molar-refractivity contribution in [1.29, 1.82) is 0 Å². The minimum atomic E-state index is -1.69. The van der Waals surface area contributed by atoms with Gasteiger partial charge in [-0.15, -0.1) is 0 Å². The lowest BCUT2D eigenvalue weighted by atomic mass is 9.64. The summed E-state index contributed by atoms with van der Waals surface area (Å²) < 4.78 is 5.56. The summed E-state index contributed by atoms with van der Waals surface area (Å²) in [6.07, 6.45) is 3.60. The van der Waals surface area contributed by atoms with Crippen LogP contribution in [0.5, 0.6) is 5.75 Å². The Bertz CT molecular complexity index is 1570. The number of ketones is 3. The van der Waals surface area contributed by atoms with E-state index in [0.717, 1.165) is 0 Å². The molecule has 1 saturated heterocycles. The molecule has 190 valence electrons. The Morgan fingerprint density at radius 1 is 0.921 bits per heavy atom. The van der Waals surface area contributed by atoms with Crippen LogP contribution in [0.3, 0.4) is 0 Å². The minimum absolute atomic E-state index is 0.240. The van der Waals surface area contributed by atoms with Crippen LogP contribution < -0.4 is 9.64 Å². The Morgan fingerprint density at radius 2 is 1.61 bits per heavy atom. The van der Waals surface area contributed by atoms with Crippen LogP contribution in [0, 0.1) is 5.41 Å². The first kappa shape index (κ1) is 24.6. The molecular formula is C30H21Cl2NO5. The number of rotatable bonds is 3. The number of para-hydroxylation sites is 1. The lowest BCUT2D eigenvalue weighted by Gasteiger charge is -2.37. The maximum Gasteiger partial charge on any atom is 0.308 e. The largest absolute Gasteiger partial charge is 0.424 e. The van der Waals surface area contributed by atoms with Crippen LogP contribution >= 0.6 is 23.2 Å². The fourth-order valence-corrected chi connectivity index (χ4v) is 7.00. The molecule has 0 N–H and O–H groups in total. The van der Waals surface area contributed by atoms with Crippen LogP contribution in [0.4, 0.5) is 5.69 Å². The predicted molar refractivity (Wildman–Crippen MR) is 144 cm³/mol. The van der Waals surface area contributed by atoms with Gasteiger partial charge in [0.1, 0.15) is 5.41 Å². The summed E-state index contributed by atoms with van der Waals surface area (Å²) in [5.41, 5.74) is 0.571. The number of fused-ring (bicyclic) bond motifs is 5. The third-order valence-electron chi connectivity index (χ3n) is 7.75. The SMILES string of the molecule is CC(=O)Oc1cccc2c1N1[C@H](C(C)=O)[C@@H](c3ccc(Cl)cc3Cl)C3(C(=O)c4ccccc4C3=O)[C@H]1C=C2. The van der Waals surface area contributed by atoms with Gasteiger partial charge in [0.05, 0.1) is 17.8 Å². The lowest BCUT2D eigenvalue weighted by Crippen LogP contribution is -2.48. The highest BCUT2D eigenvalue weighted by molar-refractivity contribution is 6.36. The molecule has 0 saturated carbocycles. The zero-order chi connectivity index (χ0) is 26.9. The molecule has 3 atom stereocenters. The summed E-state index contributed by atoms with van der Waals surface area (Å²) in [6.45, 7) is 2.72. The normalized spacial score (nSPS) is 22.3. The van der Waals surface area contributed by atoms with Gasteiger partial charge in [-0.25, -0.2) is 0 Å². The van der Waals surface area contributed by atoms with Crippen LogP contribution in [-0.4, -0.2) is 35.4 Å². The van der Waals surface area contributed by atoms with E-state index in [-0.39, 0.29) is 28.1 Å². The van der Waals surface area contributed by atoms with Crippen molar-refractivity contribution in [3.05, 3.63) is 99.0 Å². The number of esters is 1. The van der Waals surface area contributed by atoms with E-state index in [0.29, 0.717) is 33.0 Å². The van der Waals surface area contributed by atoms with E-state index in [1.165, 1.54) is 13.8 Å². The summed E-state index contributed by atoms with van der Waals surface area (Å²) >= 11 is 12.9. The molecule has 0 bridgehead atoms. The molecule has 1 fully saturated rings. The van der Waals surface area contributed by atoms with Gasteiger partial charge in [0, 0.05) is 39.6 Å². The second kappa shape index (κ2) is 8.65. The molecule has 8 heteroatoms. The number of Topliss-reactive ketones (excluding diaryl/α,β-unsaturated/α-hetero) is 3. The Kier molecular flexibility index (Phi) is 5.60. The van der Waals surface area contributed by atoms with E-state index < -0.39 is 29.4 Å². The molecular weight excluding hydrogens is 525 g/mol. The van der Waals surface area contributed by atoms with Gasteiger partial charge < -0.3 is 9.64 Å². The molecule has 0 radical (unpaired) electrons. The van der Waals surface area contributed by atoms with Crippen LogP contribution in [0.1, 0.15) is 51.6 Å². The molecule has 3 aliphatic rings. The maximum absolute atomic E-state index is 14.4. The first-order valence-electron chi connectivity index (χ1n) is 12.1. The molecule has 0 unspecified atom stereocenters. The van der Waals surface area contributed by atoms with Gasteiger partial charge in [0.2, 0.25) is 0 Å². The third kappa shape index (κ3) is 3.20. The van der Waals surface area contributed by atoms with Gasteiger partial charge in [-0.3, -0.25) is 19.2 Å². The fraction of sp³-hybridized carbons (Fsp3) is 0.200. The second-order valence-electron chi connectivity index (χ2n) is 9.77. The van der Waals surface area contributed by atoms with Crippen molar-refractivity contribution in [2.24, 2.45) is 5.41 Å². The molecule has 3 aromatic rings. The Hall–Kier alpha value is -3.74. The topological polar surface area (TPSA) is 80.8 Å². The van der Waals surface area contributed by atoms with Gasteiger partial charge in [-0.2, -0.15) is 0 Å². The van der Waals surface area contributed by atoms with E-state index in [1.807, 2.05) is 6.07 Å². The standard InChI is InChI=1S/C30H21Cl2NO5/c1-15(34)26-25(21-12-11-18(31)14-22(21)32)30(28(36)19-7-3-4-8-20(19)29(30)37)24-13-10-17-6-5-9-23(38-16(2)35)27(17)33(24)26/h3-14,24-26H,1-2H3/t24-,25-,26-/m1/s1. The summed E-state index contributed by atoms with van der Waals surface area (Å²) in [4.78, 5) is 56.2. The molecule has 38 heavy (non-hydrogen) atoms. The van der Waals surface area contributed by atoms with Crippen LogP contribution in [0.25, 0.3) is 6.08 Å². The van der Waals surface area contributed by atoms with Gasteiger partial charge in [0.25, 0.3) is 0 Å². The predicted octanol–water partition coefficient (Wildman–Crippen LogP) is 5.94. The Balaban J connectivity index is 1.70. The molecule has 1 spiro atoms. The molecule has 6 rings (SSSR count). The van der Waals surface area contributed by atoms with E-state index in [1.54, 1.807) is 71.6 Å². The zero-order valence-electron chi connectivity index (χ0n) is 20.4. The monoisotopic (exact) mass is 545 g/mol. The number of ether oxygens (including phenoxy) is 1. The van der Waals surface area contributed by atoms with Gasteiger partial charge in [-0.1, -0.05) is 77.8 Å². The fourth-order valence-electron chi connectivity index (χ4n) is 6.47. The molecule has 1 aliphatic carbocycles. The lowest BCUT2D eigenvalue weighted by molar-refractivity contribution is -0.131. The molecule has 2 aliphatic heterocycles. The molecule has 0 aromatic heterocycles. The quantitative estimate of drug-likeness (QED) is 0.230. The van der Waals surface area contributed by atoms with Crippen molar-refractivity contribution in [2.45, 2.75) is 31.8 Å². The van der Waals surface area contributed by atoms with E-state index >= 15 is 0 Å². The van der Waals surface area contributed by atoms with Crippen molar-refractivity contribution < 1.29 is 23.9 Å². The number of hydrogen-bond donors (Lipinski definition) is 0. The van der Waals surface area contributed by atoms with E-state index in [4.69, 9.17) is 27.9 Å². The average Bonchev–Trinajstić information content (AvgIpc) is 3.30. The van der Waals surface area contributed by atoms with Crippen molar-refractivity contribution in [2.75, 3.05) is 4.90 Å². The van der Waals surface area contributed by atoms with Gasteiger partial charge in [-0.05, 0) is 30.7 Å². The van der Waals surface area contributed by atoms with Crippen LogP contribution in [0.2, 0.25) is 10.0 Å². The van der Waals surface area contributed by atoms with E-state index in [9.17, 15) is 19.2 Å². The summed E-state index contributed by atoms with van der Waals surface area (Å²) in [5.74, 6) is -2.24. The van der Waals surface area contributed by atoms with Crippen molar-refractivity contribution >= 4 is 58.3 Å². The van der Waals surface area contributed by atoms with Crippen LogP contribution in [-0.2, 0) is 9.59 Å². The van der Waals surface area contributed by atoms with Crippen molar-refractivity contribution in [3.8, 4) is 5.75 Å². The highest BCUT2D eigenvalue weighted by atomic mass is 35.5. The Labute approximate surface area is 228 Å². The molecule has 2 heterocycles. The number of carbonyl (C=O) groups is 4. The number of benzene rings is 3. The van der Waals surface area contributed by atoms with E-state index in [2.05, 4.69) is 0 Å².